The Morgan fingerprint density at radius 2 is 1.95 bits per heavy atom. The highest BCUT2D eigenvalue weighted by Crippen LogP contribution is 2.21. The lowest BCUT2D eigenvalue weighted by Gasteiger charge is -2.29. The summed E-state index contributed by atoms with van der Waals surface area (Å²) in [5.74, 6) is 2.40. The molecule has 0 radical (unpaired) electrons. The molecule has 108 valence electrons. The van der Waals surface area contributed by atoms with Crippen molar-refractivity contribution in [3.05, 3.63) is 11.9 Å². The average molecular weight is 266 g/mol. The van der Waals surface area contributed by atoms with E-state index >= 15 is 0 Å². The molecular formula is C14H26N4O. The van der Waals surface area contributed by atoms with Gasteiger partial charge in [-0.05, 0) is 33.1 Å². The van der Waals surface area contributed by atoms with Gasteiger partial charge in [-0.3, -0.25) is 0 Å². The van der Waals surface area contributed by atoms with E-state index < -0.39 is 0 Å². The van der Waals surface area contributed by atoms with Crippen LogP contribution in [0.2, 0.25) is 0 Å². The van der Waals surface area contributed by atoms with Gasteiger partial charge >= 0.3 is 0 Å². The van der Waals surface area contributed by atoms with E-state index in [0.29, 0.717) is 6.42 Å². The summed E-state index contributed by atoms with van der Waals surface area (Å²) < 4.78 is 0. The fraction of sp³-hybridized carbons (Fsp3) is 0.714. The van der Waals surface area contributed by atoms with Crippen LogP contribution in [0.15, 0.2) is 6.07 Å². The third-order valence-electron chi connectivity index (χ3n) is 3.27. The molecule has 5 nitrogen and oxygen atoms in total. The first-order valence-electron chi connectivity index (χ1n) is 7.01. The Labute approximate surface area is 115 Å². The van der Waals surface area contributed by atoms with E-state index in [9.17, 15) is 0 Å². The zero-order valence-electron chi connectivity index (χ0n) is 12.5. The molecule has 1 aromatic heterocycles. The van der Waals surface area contributed by atoms with Crippen molar-refractivity contribution in [2.75, 3.05) is 23.8 Å². The largest absolute Gasteiger partial charge is 0.396 e. The van der Waals surface area contributed by atoms with Crippen LogP contribution in [0.4, 0.5) is 11.6 Å². The normalized spacial score (nSPS) is 13.9. The van der Waals surface area contributed by atoms with Gasteiger partial charge in [0.25, 0.3) is 0 Å². The summed E-state index contributed by atoms with van der Waals surface area (Å²) in [7, 11) is 0. The van der Waals surface area contributed by atoms with Crippen LogP contribution in [-0.4, -0.2) is 33.8 Å². The van der Waals surface area contributed by atoms with Crippen molar-refractivity contribution in [2.45, 2.75) is 52.5 Å². The molecule has 1 atom stereocenters. The average Bonchev–Trinajstić information content (AvgIpc) is 2.36. The maximum Gasteiger partial charge on any atom is 0.132 e. The predicted molar refractivity (Wildman–Crippen MR) is 79.6 cm³/mol. The number of aryl methyl sites for hydroxylation is 1. The lowest BCUT2D eigenvalue weighted by Crippen LogP contribution is -2.35. The molecule has 0 aliphatic carbocycles. The molecule has 19 heavy (non-hydrogen) atoms. The molecule has 0 amide bonds. The van der Waals surface area contributed by atoms with Gasteiger partial charge in [-0.15, -0.1) is 0 Å². The highest BCUT2D eigenvalue weighted by molar-refractivity contribution is 5.48. The highest BCUT2D eigenvalue weighted by atomic mass is 16.3. The van der Waals surface area contributed by atoms with Crippen molar-refractivity contribution in [3.8, 4) is 0 Å². The molecular weight excluding hydrogens is 240 g/mol. The van der Waals surface area contributed by atoms with Crippen molar-refractivity contribution < 1.29 is 5.11 Å². The molecule has 1 rings (SSSR count). The van der Waals surface area contributed by atoms with E-state index in [4.69, 9.17) is 5.11 Å². The number of aliphatic hydroxyl groups is 1. The number of rotatable bonds is 8. The molecule has 0 bridgehead atoms. The van der Waals surface area contributed by atoms with Crippen LogP contribution in [0.25, 0.3) is 0 Å². The van der Waals surface area contributed by atoms with Gasteiger partial charge in [0.15, 0.2) is 0 Å². The van der Waals surface area contributed by atoms with Crippen molar-refractivity contribution in [3.63, 3.8) is 0 Å². The lowest BCUT2D eigenvalue weighted by molar-refractivity contribution is 0.252. The van der Waals surface area contributed by atoms with Crippen LogP contribution < -0.4 is 10.6 Å². The number of hydrogen-bond donors (Lipinski definition) is 3. The van der Waals surface area contributed by atoms with E-state index in [2.05, 4.69) is 41.4 Å². The van der Waals surface area contributed by atoms with E-state index in [1.165, 1.54) is 0 Å². The minimum absolute atomic E-state index is 0.141. The van der Waals surface area contributed by atoms with Crippen LogP contribution in [0, 0.1) is 6.92 Å². The zero-order valence-corrected chi connectivity index (χ0v) is 12.5. The molecule has 3 N–H and O–H groups in total. The Kier molecular flexibility index (Phi) is 6.02. The summed E-state index contributed by atoms with van der Waals surface area (Å²) in [6, 6.07) is 1.92. The Morgan fingerprint density at radius 1 is 1.26 bits per heavy atom. The molecule has 0 fully saturated rings. The molecule has 1 unspecified atom stereocenters. The topological polar surface area (TPSA) is 70.1 Å². The van der Waals surface area contributed by atoms with E-state index in [-0.39, 0.29) is 12.1 Å². The van der Waals surface area contributed by atoms with Crippen LogP contribution in [0.5, 0.6) is 0 Å². The van der Waals surface area contributed by atoms with E-state index in [0.717, 1.165) is 36.8 Å². The molecule has 0 saturated carbocycles. The van der Waals surface area contributed by atoms with Crippen molar-refractivity contribution in [1.29, 1.82) is 0 Å². The van der Waals surface area contributed by atoms with Gasteiger partial charge in [0.05, 0.1) is 0 Å². The molecule has 0 aromatic carbocycles. The maximum absolute atomic E-state index is 9.15. The minimum atomic E-state index is -0.141. The van der Waals surface area contributed by atoms with Crippen LogP contribution in [-0.2, 0) is 0 Å². The fourth-order valence-corrected chi connectivity index (χ4v) is 1.86. The second-order valence-electron chi connectivity index (χ2n) is 5.13. The SMILES string of the molecule is CCCNc1cc(NC(C)(CC)CCO)nc(C)n1. The van der Waals surface area contributed by atoms with Gasteiger partial charge in [-0.25, -0.2) is 9.97 Å². The van der Waals surface area contributed by atoms with Crippen molar-refractivity contribution >= 4 is 11.6 Å². The Morgan fingerprint density at radius 3 is 2.53 bits per heavy atom. The monoisotopic (exact) mass is 266 g/mol. The van der Waals surface area contributed by atoms with Crippen molar-refractivity contribution in [2.24, 2.45) is 0 Å². The van der Waals surface area contributed by atoms with Gasteiger partial charge in [-0.1, -0.05) is 13.8 Å². The number of aliphatic hydroxyl groups excluding tert-OH is 1. The van der Waals surface area contributed by atoms with Gasteiger partial charge in [-0.2, -0.15) is 0 Å². The maximum atomic E-state index is 9.15. The van der Waals surface area contributed by atoms with E-state index in [1.807, 2.05) is 13.0 Å². The second-order valence-corrected chi connectivity index (χ2v) is 5.13. The van der Waals surface area contributed by atoms with E-state index in [1.54, 1.807) is 0 Å². The predicted octanol–water partition coefficient (Wildman–Crippen LogP) is 2.57. The van der Waals surface area contributed by atoms with Gasteiger partial charge in [0.1, 0.15) is 17.5 Å². The van der Waals surface area contributed by atoms with Crippen molar-refractivity contribution in [1.82, 2.24) is 9.97 Å². The number of aromatic nitrogens is 2. The standard InChI is InChI=1S/C14H26N4O/c1-5-8-15-12-10-13(17-11(3)16-12)18-14(4,6-2)7-9-19/h10,19H,5-9H2,1-4H3,(H2,15,16,17,18). The van der Waals surface area contributed by atoms with Gasteiger partial charge in [0.2, 0.25) is 0 Å². The lowest BCUT2D eigenvalue weighted by atomic mass is 9.95. The zero-order chi connectivity index (χ0) is 14.3. The third kappa shape index (κ3) is 5.03. The summed E-state index contributed by atoms with van der Waals surface area (Å²) in [4.78, 5) is 8.77. The smallest absolute Gasteiger partial charge is 0.132 e. The first-order valence-corrected chi connectivity index (χ1v) is 7.01. The van der Waals surface area contributed by atoms with Crippen LogP contribution >= 0.6 is 0 Å². The number of nitrogens with zero attached hydrogens (tertiary/aromatic N) is 2. The quantitative estimate of drug-likeness (QED) is 0.674. The number of anilines is 2. The molecule has 0 spiro atoms. The Hall–Kier alpha value is -1.36. The Balaban J connectivity index is 2.84. The summed E-state index contributed by atoms with van der Waals surface area (Å²) in [6.45, 7) is 9.28. The summed E-state index contributed by atoms with van der Waals surface area (Å²) in [6.07, 6.45) is 2.68. The van der Waals surface area contributed by atoms with Gasteiger partial charge < -0.3 is 15.7 Å². The molecule has 0 saturated heterocycles. The first kappa shape index (κ1) is 15.7. The fourth-order valence-electron chi connectivity index (χ4n) is 1.86. The summed E-state index contributed by atoms with van der Waals surface area (Å²) in [5.41, 5.74) is -0.141. The van der Waals surface area contributed by atoms with Crippen LogP contribution in [0.1, 0.15) is 45.9 Å². The third-order valence-corrected chi connectivity index (χ3v) is 3.27. The summed E-state index contributed by atoms with van der Waals surface area (Å²) in [5, 5.41) is 15.8. The van der Waals surface area contributed by atoms with Crippen LogP contribution in [0.3, 0.4) is 0 Å². The number of nitrogens with one attached hydrogen (secondary N) is 2. The summed E-state index contributed by atoms with van der Waals surface area (Å²) >= 11 is 0. The molecule has 1 aromatic rings. The highest BCUT2D eigenvalue weighted by Gasteiger charge is 2.21. The minimum Gasteiger partial charge on any atom is -0.396 e. The first-order chi connectivity index (χ1) is 9.03. The Bertz CT molecular complexity index is 397. The molecule has 5 heteroatoms. The molecule has 0 aliphatic rings. The second kappa shape index (κ2) is 7.28. The molecule has 1 heterocycles. The number of hydrogen-bond acceptors (Lipinski definition) is 5. The molecule has 0 aliphatic heterocycles. The van der Waals surface area contributed by atoms with Gasteiger partial charge in [0, 0.05) is 24.8 Å².